The zero-order chi connectivity index (χ0) is 19.2. The Bertz CT molecular complexity index is 508. The van der Waals surface area contributed by atoms with Gasteiger partial charge < -0.3 is 20.1 Å². The van der Waals surface area contributed by atoms with Gasteiger partial charge in [-0.25, -0.2) is 0 Å². The Kier molecular flexibility index (Phi) is 11.3. The maximum Gasteiger partial charge on any atom is 0.253 e. The third-order valence-corrected chi connectivity index (χ3v) is 3.53. The van der Waals surface area contributed by atoms with Gasteiger partial charge in [0, 0.05) is 44.6 Å². The van der Waals surface area contributed by atoms with E-state index in [1.165, 1.54) is 12.2 Å². The molecule has 0 atom stereocenters. The fourth-order valence-corrected chi connectivity index (χ4v) is 2.19. The second-order valence-electron chi connectivity index (χ2n) is 5.31. The van der Waals surface area contributed by atoms with E-state index in [4.69, 9.17) is 9.47 Å². The first-order valence-electron chi connectivity index (χ1n) is 8.38. The zero-order valence-corrected chi connectivity index (χ0v) is 15.5. The van der Waals surface area contributed by atoms with E-state index >= 15 is 0 Å². The second-order valence-corrected chi connectivity index (χ2v) is 5.76. The number of hydrogen-bond donors (Lipinski definition) is 3. The number of nitrogens with one attached hydrogen (secondary N) is 2. The summed E-state index contributed by atoms with van der Waals surface area (Å²) in [6.07, 6.45) is 2.82. The summed E-state index contributed by atoms with van der Waals surface area (Å²) in [7, 11) is 0. The van der Waals surface area contributed by atoms with Crippen molar-refractivity contribution in [3.8, 4) is 0 Å². The van der Waals surface area contributed by atoms with Crippen molar-refractivity contribution in [2.24, 2.45) is 0 Å². The summed E-state index contributed by atoms with van der Waals surface area (Å²) >= 11 is 3.96. The van der Waals surface area contributed by atoms with Crippen LogP contribution in [-0.4, -0.2) is 80.3 Å². The summed E-state index contributed by atoms with van der Waals surface area (Å²) < 4.78 is 10.6. The predicted molar refractivity (Wildman–Crippen MR) is 96.6 cm³/mol. The molecule has 10 heteroatoms. The highest BCUT2D eigenvalue weighted by Gasteiger charge is 2.23. The highest BCUT2D eigenvalue weighted by molar-refractivity contribution is 7.80. The fraction of sp³-hybridized carbons (Fsp3) is 0.625. The van der Waals surface area contributed by atoms with Gasteiger partial charge in [0.2, 0.25) is 11.8 Å². The van der Waals surface area contributed by atoms with E-state index in [0.29, 0.717) is 51.7 Å². The Morgan fingerprint density at radius 3 is 1.88 bits per heavy atom. The molecule has 146 valence electrons. The van der Waals surface area contributed by atoms with Crippen molar-refractivity contribution in [1.29, 1.82) is 0 Å². The molecule has 4 amide bonds. The number of amides is 4. The van der Waals surface area contributed by atoms with Crippen LogP contribution in [0.25, 0.3) is 0 Å². The van der Waals surface area contributed by atoms with Crippen LogP contribution in [0.2, 0.25) is 0 Å². The Morgan fingerprint density at radius 2 is 1.38 bits per heavy atom. The number of nitrogens with zero attached hydrogens (tertiary/aromatic N) is 1. The maximum absolute atomic E-state index is 11.6. The lowest BCUT2D eigenvalue weighted by Crippen LogP contribution is -2.35. The number of hydrogen-bond acceptors (Lipinski definition) is 7. The molecule has 9 nitrogen and oxygen atoms in total. The van der Waals surface area contributed by atoms with Crippen molar-refractivity contribution in [1.82, 2.24) is 15.5 Å². The molecular formula is C16H25N3O6S. The van der Waals surface area contributed by atoms with Crippen LogP contribution in [0, 0.1) is 0 Å². The molecule has 1 rings (SSSR count). The minimum absolute atomic E-state index is 0.0506. The fourth-order valence-electron chi connectivity index (χ4n) is 1.99. The Hall–Kier alpha value is -1.91. The molecule has 2 N–H and O–H groups in total. The van der Waals surface area contributed by atoms with Gasteiger partial charge in [0.25, 0.3) is 11.8 Å². The Morgan fingerprint density at radius 1 is 0.885 bits per heavy atom. The average Bonchev–Trinajstić information content (AvgIpc) is 2.93. The van der Waals surface area contributed by atoms with Crippen LogP contribution in [-0.2, 0) is 28.7 Å². The van der Waals surface area contributed by atoms with E-state index in [0.717, 1.165) is 4.90 Å². The van der Waals surface area contributed by atoms with E-state index in [2.05, 4.69) is 23.3 Å². The molecule has 1 aliphatic heterocycles. The average molecular weight is 387 g/mol. The first-order chi connectivity index (χ1) is 12.5. The van der Waals surface area contributed by atoms with Crippen molar-refractivity contribution < 1.29 is 28.7 Å². The second kappa shape index (κ2) is 13.3. The largest absolute Gasteiger partial charge is 0.377 e. The summed E-state index contributed by atoms with van der Waals surface area (Å²) in [6, 6.07) is 0. The topological polar surface area (TPSA) is 114 Å². The number of carbonyl (C=O) groups is 4. The lowest BCUT2D eigenvalue weighted by atomic mass is 10.3. The van der Waals surface area contributed by atoms with Crippen LogP contribution >= 0.6 is 12.6 Å². The van der Waals surface area contributed by atoms with Crippen LogP contribution < -0.4 is 10.6 Å². The third kappa shape index (κ3) is 9.54. The first kappa shape index (κ1) is 22.1. The minimum Gasteiger partial charge on any atom is -0.377 e. The van der Waals surface area contributed by atoms with E-state index < -0.39 is 11.8 Å². The van der Waals surface area contributed by atoms with Crippen LogP contribution in [0.3, 0.4) is 0 Å². The van der Waals surface area contributed by atoms with E-state index in [1.807, 2.05) is 0 Å². The quantitative estimate of drug-likeness (QED) is 0.198. The Labute approximate surface area is 157 Å². The van der Waals surface area contributed by atoms with Gasteiger partial charge >= 0.3 is 0 Å². The maximum atomic E-state index is 11.6. The SMILES string of the molecule is O=C(CCS)NCCOCCOCCNC(=O)CCN1C(=O)C=CC1=O. The molecule has 26 heavy (non-hydrogen) atoms. The predicted octanol–water partition coefficient (Wildman–Crippen LogP) is -1.11. The van der Waals surface area contributed by atoms with Gasteiger partial charge in [0.15, 0.2) is 0 Å². The first-order valence-corrected chi connectivity index (χ1v) is 9.01. The Balaban J connectivity index is 1.88. The molecule has 0 radical (unpaired) electrons. The van der Waals surface area contributed by atoms with Crippen LogP contribution in [0.15, 0.2) is 12.2 Å². The molecule has 0 bridgehead atoms. The van der Waals surface area contributed by atoms with Gasteiger partial charge in [-0.2, -0.15) is 12.6 Å². The summed E-state index contributed by atoms with van der Waals surface area (Å²) in [5.74, 6) is -0.581. The van der Waals surface area contributed by atoms with Gasteiger partial charge in [0.1, 0.15) is 0 Å². The molecule has 1 aliphatic rings. The van der Waals surface area contributed by atoms with Gasteiger partial charge in [-0.1, -0.05) is 0 Å². The molecule has 0 saturated carbocycles. The summed E-state index contributed by atoms with van der Waals surface area (Å²) in [5, 5.41) is 5.34. The van der Waals surface area contributed by atoms with Crippen molar-refractivity contribution in [3.63, 3.8) is 0 Å². The van der Waals surface area contributed by atoms with Crippen molar-refractivity contribution in [2.75, 3.05) is 51.8 Å². The molecule has 0 saturated heterocycles. The molecule has 0 unspecified atom stereocenters. The highest BCUT2D eigenvalue weighted by Crippen LogP contribution is 2.03. The van der Waals surface area contributed by atoms with Gasteiger partial charge in [-0.15, -0.1) is 0 Å². The van der Waals surface area contributed by atoms with Crippen molar-refractivity contribution in [2.45, 2.75) is 12.8 Å². The summed E-state index contributed by atoms with van der Waals surface area (Å²) in [4.78, 5) is 46.4. The molecular weight excluding hydrogens is 362 g/mol. The van der Waals surface area contributed by atoms with Crippen molar-refractivity contribution in [3.05, 3.63) is 12.2 Å². The zero-order valence-electron chi connectivity index (χ0n) is 14.6. The molecule has 0 aromatic carbocycles. The number of imide groups is 1. The van der Waals surface area contributed by atoms with E-state index in [-0.39, 0.29) is 24.8 Å². The third-order valence-electron chi connectivity index (χ3n) is 3.31. The molecule has 0 spiro atoms. The molecule has 0 fully saturated rings. The van der Waals surface area contributed by atoms with Gasteiger partial charge in [0.05, 0.1) is 26.4 Å². The van der Waals surface area contributed by atoms with E-state index in [9.17, 15) is 19.2 Å². The molecule has 0 aromatic rings. The smallest absolute Gasteiger partial charge is 0.253 e. The van der Waals surface area contributed by atoms with E-state index in [1.54, 1.807) is 0 Å². The standard InChI is InChI=1S/C16H25N3O6S/c20-13(3-7-19-15(22)1-2-16(19)23)17-5-8-24-10-11-25-9-6-18-14(21)4-12-26/h1-2,26H,3-12H2,(H,17,20)(H,18,21). The molecule has 1 heterocycles. The number of ether oxygens (including phenoxy) is 2. The molecule has 0 aromatic heterocycles. The lowest BCUT2D eigenvalue weighted by molar-refractivity contribution is -0.137. The monoisotopic (exact) mass is 387 g/mol. The number of thiol groups is 1. The minimum atomic E-state index is -0.396. The van der Waals surface area contributed by atoms with Gasteiger partial charge in [-0.05, 0) is 5.75 Å². The normalized spacial score (nSPS) is 13.3. The highest BCUT2D eigenvalue weighted by atomic mass is 32.1. The summed E-state index contributed by atoms with van der Waals surface area (Å²) in [5.41, 5.74) is 0. The number of carbonyl (C=O) groups excluding carboxylic acids is 4. The number of rotatable bonds is 14. The summed E-state index contributed by atoms with van der Waals surface area (Å²) in [6.45, 7) is 2.35. The van der Waals surface area contributed by atoms with Crippen LogP contribution in [0.1, 0.15) is 12.8 Å². The lowest BCUT2D eigenvalue weighted by Gasteiger charge is -2.13. The van der Waals surface area contributed by atoms with Crippen LogP contribution in [0.5, 0.6) is 0 Å². The van der Waals surface area contributed by atoms with Gasteiger partial charge in [-0.3, -0.25) is 24.1 Å². The molecule has 0 aliphatic carbocycles. The van der Waals surface area contributed by atoms with Crippen LogP contribution in [0.4, 0.5) is 0 Å². The van der Waals surface area contributed by atoms with Crippen molar-refractivity contribution >= 4 is 36.3 Å².